The Morgan fingerprint density at radius 2 is 1.58 bits per heavy atom. The zero-order valence-corrected chi connectivity index (χ0v) is 25.1. The Labute approximate surface area is 256 Å². The highest BCUT2D eigenvalue weighted by atomic mass is 79.9. The number of carbonyl (C=O) groups excluding carboxylic acids is 4. The lowest BCUT2D eigenvalue weighted by atomic mass is 9.85. The topological polar surface area (TPSA) is 93.6 Å². The number of amides is 2. The first-order chi connectivity index (χ1) is 20.7. The average molecular weight is 636 g/mol. The number of pyridine rings is 1. The number of ketones is 1. The first-order valence-corrected chi connectivity index (χ1v) is 15.0. The number of esters is 1. The molecule has 2 aliphatic carbocycles. The van der Waals surface area contributed by atoms with E-state index in [1.54, 1.807) is 54.6 Å². The lowest BCUT2D eigenvalue weighted by molar-refractivity contribution is -0.123. The number of Topliss-reactive ketones (excluding diaryl/α,β-unsaturated/α-hetero) is 1. The minimum absolute atomic E-state index is 0.130. The van der Waals surface area contributed by atoms with Gasteiger partial charge in [0.05, 0.1) is 34.3 Å². The largest absolute Gasteiger partial charge is 0.454 e. The van der Waals surface area contributed by atoms with Crippen LogP contribution in [-0.2, 0) is 14.3 Å². The van der Waals surface area contributed by atoms with Gasteiger partial charge in [0.15, 0.2) is 12.4 Å². The lowest BCUT2D eigenvalue weighted by Gasteiger charge is -2.17. The average Bonchev–Trinajstić information content (AvgIpc) is 3.70. The second-order valence-electron chi connectivity index (χ2n) is 11.6. The summed E-state index contributed by atoms with van der Waals surface area (Å²) in [6.07, 6.45) is 5.04. The molecule has 2 bridgehead atoms. The molecule has 1 saturated heterocycles. The molecule has 43 heavy (non-hydrogen) atoms. The zero-order chi connectivity index (χ0) is 30.0. The number of rotatable bonds is 6. The van der Waals surface area contributed by atoms with E-state index in [0.29, 0.717) is 33.4 Å². The third-order valence-electron chi connectivity index (χ3n) is 9.05. The molecule has 4 aromatic rings. The first-order valence-electron chi connectivity index (χ1n) is 14.2. The molecule has 0 N–H and O–H groups in total. The Kier molecular flexibility index (Phi) is 6.62. The SMILES string of the molecule is Cc1ccc(C(=O)COC(=O)c2cc(-c3ccc(N4C(=O)C5C6C=CC(C6)C5C4=O)cc3)nc3ccc(Br)cc23)cc1C. The summed E-state index contributed by atoms with van der Waals surface area (Å²) in [5.74, 6) is -1.42. The molecule has 2 fully saturated rings. The molecule has 1 aliphatic heterocycles. The summed E-state index contributed by atoms with van der Waals surface area (Å²) >= 11 is 3.47. The van der Waals surface area contributed by atoms with Crippen molar-refractivity contribution in [1.82, 2.24) is 4.98 Å². The van der Waals surface area contributed by atoms with Crippen molar-refractivity contribution in [2.75, 3.05) is 11.5 Å². The minimum atomic E-state index is -0.636. The number of hydrogen-bond acceptors (Lipinski definition) is 6. The number of benzene rings is 3. The fourth-order valence-corrected chi connectivity index (χ4v) is 7.02. The van der Waals surface area contributed by atoms with E-state index < -0.39 is 5.97 Å². The standard InChI is InChI=1S/C35H27BrN2O5/c1-18-3-4-21(13-19(18)2)30(39)17-43-35(42)27-16-29(37-28-12-9-24(36)15-26(27)28)20-7-10-25(11-8-20)38-33(40)31-22-5-6-23(14-22)32(31)34(38)41/h3-13,15-16,22-23,31-32H,14,17H2,1-2H3. The van der Waals surface area contributed by atoms with Crippen LogP contribution in [-0.4, -0.2) is 35.2 Å². The number of aryl methyl sites for hydroxylation is 2. The van der Waals surface area contributed by atoms with Crippen molar-refractivity contribution >= 4 is 56.1 Å². The van der Waals surface area contributed by atoms with E-state index in [0.717, 1.165) is 22.0 Å². The number of allylic oxidation sites excluding steroid dienone is 2. The van der Waals surface area contributed by atoms with Gasteiger partial charge in [-0.25, -0.2) is 9.78 Å². The van der Waals surface area contributed by atoms with Crippen LogP contribution < -0.4 is 4.90 Å². The smallest absolute Gasteiger partial charge is 0.339 e. The molecule has 7 nitrogen and oxygen atoms in total. The van der Waals surface area contributed by atoms with Crippen LogP contribution in [0.1, 0.15) is 38.3 Å². The predicted molar refractivity (Wildman–Crippen MR) is 166 cm³/mol. The van der Waals surface area contributed by atoms with Gasteiger partial charge in [0.1, 0.15) is 0 Å². The van der Waals surface area contributed by atoms with E-state index in [1.807, 2.05) is 26.0 Å². The third kappa shape index (κ3) is 4.61. The van der Waals surface area contributed by atoms with E-state index in [9.17, 15) is 19.2 Å². The summed E-state index contributed by atoms with van der Waals surface area (Å²) < 4.78 is 6.27. The Bertz CT molecular complexity index is 1870. The molecule has 214 valence electrons. The maximum Gasteiger partial charge on any atom is 0.339 e. The molecule has 3 aliphatic rings. The van der Waals surface area contributed by atoms with Gasteiger partial charge in [-0.05, 0) is 85.7 Å². The molecule has 2 amide bonds. The molecular formula is C35H27BrN2O5. The highest BCUT2D eigenvalue weighted by Crippen LogP contribution is 2.53. The van der Waals surface area contributed by atoms with E-state index >= 15 is 0 Å². The van der Waals surface area contributed by atoms with Crippen LogP contribution in [0.4, 0.5) is 5.69 Å². The van der Waals surface area contributed by atoms with Crippen molar-refractivity contribution in [3.63, 3.8) is 0 Å². The first kappa shape index (κ1) is 27.4. The molecule has 0 radical (unpaired) electrons. The van der Waals surface area contributed by atoms with E-state index in [4.69, 9.17) is 9.72 Å². The summed E-state index contributed by atoms with van der Waals surface area (Å²) in [7, 11) is 0. The Balaban J connectivity index is 1.16. The van der Waals surface area contributed by atoms with Gasteiger partial charge in [-0.2, -0.15) is 0 Å². The minimum Gasteiger partial charge on any atom is -0.454 e. The van der Waals surface area contributed by atoms with Crippen molar-refractivity contribution in [1.29, 1.82) is 0 Å². The monoisotopic (exact) mass is 634 g/mol. The highest BCUT2D eigenvalue weighted by molar-refractivity contribution is 9.10. The molecule has 0 spiro atoms. The van der Waals surface area contributed by atoms with Gasteiger partial charge < -0.3 is 4.74 Å². The normalized spacial score (nSPS) is 22.0. The van der Waals surface area contributed by atoms with Gasteiger partial charge >= 0.3 is 5.97 Å². The van der Waals surface area contributed by atoms with Gasteiger partial charge in [0.25, 0.3) is 0 Å². The van der Waals surface area contributed by atoms with Crippen molar-refractivity contribution in [3.05, 3.63) is 106 Å². The number of ether oxygens (including phenoxy) is 1. The van der Waals surface area contributed by atoms with Crippen LogP contribution in [0.15, 0.2) is 83.4 Å². The van der Waals surface area contributed by atoms with Crippen LogP contribution in [0.2, 0.25) is 0 Å². The Morgan fingerprint density at radius 1 is 0.884 bits per heavy atom. The number of aromatic nitrogens is 1. The fraction of sp³-hybridized carbons (Fsp3) is 0.229. The van der Waals surface area contributed by atoms with Crippen LogP contribution in [0.3, 0.4) is 0 Å². The van der Waals surface area contributed by atoms with Crippen LogP contribution >= 0.6 is 15.9 Å². The molecule has 1 saturated carbocycles. The van der Waals surface area contributed by atoms with Crippen LogP contribution in [0.5, 0.6) is 0 Å². The number of anilines is 1. The van der Waals surface area contributed by atoms with Gasteiger partial charge in [-0.15, -0.1) is 0 Å². The number of halogens is 1. The Morgan fingerprint density at radius 3 is 2.26 bits per heavy atom. The lowest BCUT2D eigenvalue weighted by Crippen LogP contribution is -2.32. The summed E-state index contributed by atoms with van der Waals surface area (Å²) in [5, 5.41) is 0.585. The third-order valence-corrected chi connectivity index (χ3v) is 9.54. The van der Waals surface area contributed by atoms with Crippen LogP contribution in [0.25, 0.3) is 22.2 Å². The van der Waals surface area contributed by atoms with Gasteiger partial charge in [0.2, 0.25) is 11.8 Å². The molecule has 2 heterocycles. The number of imide groups is 1. The van der Waals surface area contributed by atoms with E-state index in [2.05, 4.69) is 28.1 Å². The predicted octanol–water partition coefficient (Wildman–Crippen LogP) is 6.63. The quantitative estimate of drug-likeness (QED) is 0.102. The van der Waals surface area contributed by atoms with Gasteiger partial charge in [0, 0.05) is 21.0 Å². The van der Waals surface area contributed by atoms with Crippen molar-refractivity contribution < 1.29 is 23.9 Å². The maximum atomic E-state index is 13.4. The second kappa shape index (κ2) is 10.4. The molecular weight excluding hydrogens is 608 g/mol. The zero-order valence-electron chi connectivity index (χ0n) is 23.5. The molecule has 7 rings (SSSR count). The molecule has 8 heteroatoms. The summed E-state index contributed by atoms with van der Waals surface area (Å²) in [5.41, 5.74) is 5.17. The number of carbonyl (C=O) groups is 4. The second-order valence-corrected chi connectivity index (χ2v) is 12.5. The van der Waals surface area contributed by atoms with Crippen molar-refractivity contribution in [3.8, 4) is 11.3 Å². The van der Waals surface area contributed by atoms with Gasteiger partial charge in [-0.3, -0.25) is 19.3 Å². The summed E-state index contributed by atoms with van der Waals surface area (Å²) in [4.78, 5) is 58.7. The van der Waals surface area contributed by atoms with Crippen LogP contribution in [0, 0.1) is 37.5 Å². The Hall–Kier alpha value is -4.43. The number of fused-ring (bicyclic) bond motifs is 6. The molecule has 4 atom stereocenters. The number of nitrogens with zero attached hydrogens (tertiary/aromatic N) is 2. The number of hydrogen-bond donors (Lipinski definition) is 0. The van der Waals surface area contributed by atoms with Crippen molar-refractivity contribution in [2.24, 2.45) is 23.7 Å². The fourth-order valence-electron chi connectivity index (χ4n) is 6.66. The maximum absolute atomic E-state index is 13.4. The molecule has 3 aromatic carbocycles. The van der Waals surface area contributed by atoms with E-state index in [-0.39, 0.29) is 53.4 Å². The van der Waals surface area contributed by atoms with Crippen molar-refractivity contribution in [2.45, 2.75) is 20.3 Å². The summed E-state index contributed by atoms with van der Waals surface area (Å²) in [6.45, 7) is 3.51. The molecule has 1 aromatic heterocycles. The van der Waals surface area contributed by atoms with E-state index in [1.165, 1.54) is 4.90 Å². The van der Waals surface area contributed by atoms with Gasteiger partial charge in [-0.1, -0.05) is 52.3 Å². The highest BCUT2D eigenvalue weighted by Gasteiger charge is 2.59. The molecule has 4 unspecified atom stereocenters. The summed E-state index contributed by atoms with van der Waals surface area (Å²) in [6, 6.07) is 19.6.